The quantitative estimate of drug-likeness (QED) is 0.767. The molecule has 0 heterocycles. The lowest BCUT2D eigenvalue weighted by Crippen LogP contribution is -2.27. The molecule has 0 amide bonds. The van der Waals surface area contributed by atoms with Crippen molar-refractivity contribution < 1.29 is 9.84 Å². The summed E-state index contributed by atoms with van der Waals surface area (Å²) in [5.41, 5.74) is 1.10. The number of benzene rings is 1. The average Bonchev–Trinajstić information content (AvgIpc) is 2.83. The molecule has 0 spiro atoms. The standard InChI is InChI=1S/C16H21NO2/c1-2-10-19-16-9-4-3-6-14(16)12-17-11-13-7-5-8-15(13)18/h1,3-4,6,9,13,15,17-18H,5,7-8,10-12H2. The molecule has 0 bridgehead atoms. The van der Waals surface area contributed by atoms with Crippen molar-refractivity contribution >= 4 is 0 Å². The fourth-order valence-corrected chi connectivity index (χ4v) is 2.56. The van der Waals surface area contributed by atoms with E-state index in [0.717, 1.165) is 43.7 Å². The highest BCUT2D eigenvalue weighted by molar-refractivity contribution is 5.33. The van der Waals surface area contributed by atoms with Crippen LogP contribution in [-0.2, 0) is 6.54 Å². The van der Waals surface area contributed by atoms with Gasteiger partial charge in [0, 0.05) is 18.7 Å². The molecule has 3 heteroatoms. The van der Waals surface area contributed by atoms with Crippen molar-refractivity contribution in [2.75, 3.05) is 13.2 Å². The Labute approximate surface area is 115 Å². The zero-order valence-electron chi connectivity index (χ0n) is 11.1. The van der Waals surface area contributed by atoms with Crippen LogP contribution in [0.1, 0.15) is 24.8 Å². The Kier molecular flexibility index (Phi) is 5.26. The van der Waals surface area contributed by atoms with Gasteiger partial charge in [-0.15, -0.1) is 6.42 Å². The van der Waals surface area contributed by atoms with E-state index in [2.05, 4.69) is 11.2 Å². The van der Waals surface area contributed by atoms with Gasteiger partial charge in [0.05, 0.1) is 6.10 Å². The van der Waals surface area contributed by atoms with Gasteiger partial charge in [-0.1, -0.05) is 30.5 Å². The van der Waals surface area contributed by atoms with E-state index in [4.69, 9.17) is 11.2 Å². The van der Waals surface area contributed by atoms with E-state index >= 15 is 0 Å². The van der Waals surface area contributed by atoms with Gasteiger partial charge in [0.25, 0.3) is 0 Å². The Balaban J connectivity index is 1.83. The summed E-state index contributed by atoms with van der Waals surface area (Å²) in [4.78, 5) is 0. The Morgan fingerprint density at radius 3 is 2.95 bits per heavy atom. The minimum Gasteiger partial charge on any atom is -0.481 e. The fraction of sp³-hybridized carbons (Fsp3) is 0.500. The van der Waals surface area contributed by atoms with Gasteiger partial charge in [-0.3, -0.25) is 0 Å². The monoisotopic (exact) mass is 259 g/mol. The highest BCUT2D eigenvalue weighted by Gasteiger charge is 2.24. The largest absolute Gasteiger partial charge is 0.481 e. The predicted molar refractivity (Wildman–Crippen MR) is 75.8 cm³/mol. The van der Waals surface area contributed by atoms with Crippen molar-refractivity contribution in [2.24, 2.45) is 5.92 Å². The maximum absolute atomic E-state index is 9.77. The summed E-state index contributed by atoms with van der Waals surface area (Å²) in [6.07, 6.45) is 8.26. The molecule has 1 fully saturated rings. The lowest BCUT2D eigenvalue weighted by atomic mass is 10.1. The molecular weight excluding hydrogens is 238 g/mol. The molecule has 1 aliphatic carbocycles. The zero-order valence-corrected chi connectivity index (χ0v) is 11.1. The number of aliphatic hydroxyl groups excluding tert-OH is 1. The van der Waals surface area contributed by atoms with Crippen molar-refractivity contribution in [1.29, 1.82) is 0 Å². The van der Waals surface area contributed by atoms with Crippen molar-refractivity contribution in [3.8, 4) is 18.1 Å². The van der Waals surface area contributed by atoms with Crippen LogP contribution in [0.2, 0.25) is 0 Å². The third-order valence-electron chi connectivity index (χ3n) is 3.62. The van der Waals surface area contributed by atoms with Crippen molar-refractivity contribution in [2.45, 2.75) is 31.9 Å². The Bertz CT molecular complexity index is 439. The Morgan fingerprint density at radius 1 is 1.37 bits per heavy atom. The molecule has 0 aliphatic heterocycles. The fourth-order valence-electron chi connectivity index (χ4n) is 2.56. The lowest BCUT2D eigenvalue weighted by Gasteiger charge is -2.16. The van der Waals surface area contributed by atoms with E-state index in [-0.39, 0.29) is 6.10 Å². The van der Waals surface area contributed by atoms with Gasteiger partial charge in [-0.25, -0.2) is 0 Å². The summed E-state index contributed by atoms with van der Waals surface area (Å²) in [6, 6.07) is 7.89. The van der Waals surface area contributed by atoms with Crippen LogP contribution in [0.4, 0.5) is 0 Å². The van der Waals surface area contributed by atoms with Crippen LogP contribution < -0.4 is 10.1 Å². The molecule has 1 aromatic carbocycles. The summed E-state index contributed by atoms with van der Waals surface area (Å²) < 4.78 is 5.50. The van der Waals surface area contributed by atoms with Crippen molar-refractivity contribution in [3.63, 3.8) is 0 Å². The van der Waals surface area contributed by atoms with E-state index in [1.165, 1.54) is 0 Å². The second kappa shape index (κ2) is 7.18. The van der Waals surface area contributed by atoms with Gasteiger partial charge in [-0.05, 0) is 24.8 Å². The normalized spacial score (nSPS) is 22.1. The summed E-state index contributed by atoms with van der Waals surface area (Å²) >= 11 is 0. The molecule has 2 N–H and O–H groups in total. The zero-order chi connectivity index (χ0) is 13.5. The first-order valence-corrected chi connectivity index (χ1v) is 6.84. The smallest absolute Gasteiger partial charge is 0.148 e. The van der Waals surface area contributed by atoms with Crippen molar-refractivity contribution in [1.82, 2.24) is 5.32 Å². The highest BCUT2D eigenvalue weighted by Crippen LogP contribution is 2.25. The summed E-state index contributed by atoms with van der Waals surface area (Å²) in [6.45, 7) is 1.88. The SMILES string of the molecule is C#CCOc1ccccc1CNCC1CCCC1O. The van der Waals surface area contributed by atoms with Crippen LogP contribution in [0.25, 0.3) is 0 Å². The Morgan fingerprint density at radius 2 is 2.21 bits per heavy atom. The van der Waals surface area contributed by atoms with Crippen LogP contribution >= 0.6 is 0 Å². The number of hydrogen-bond donors (Lipinski definition) is 2. The van der Waals surface area contributed by atoms with Gasteiger partial charge < -0.3 is 15.2 Å². The van der Waals surface area contributed by atoms with E-state index < -0.39 is 0 Å². The number of rotatable bonds is 6. The van der Waals surface area contributed by atoms with E-state index in [1.54, 1.807) is 0 Å². The number of aliphatic hydroxyl groups is 1. The second-order valence-electron chi connectivity index (χ2n) is 4.99. The van der Waals surface area contributed by atoms with Crippen LogP contribution in [0.5, 0.6) is 5.75 Å². The molecule has 0 radical (unpaired) electrons. The number of ether oxygens (including phenoxy) is 1. The van der Waals surface area contributed by atoms with Gasteiger partial charge in [0.1, 0.15) is 12.4 Å². The molecule has 1 aromatic rings. The minimum atomic E-state index is -0.138. The predicted octanol–water partition coefficient (Wildman–Crippen LogP) is 1.95. The first kappa shape index (κ1) is 13.9. The lowest BCUT2D eigenvalue weighted by molar-refractivity contribution is 0.131. The molecule has 1 saturated carbocycles. The van der Waals surface area contributed by atoms with E-state index in [0.29, 0.717) is 12.5 Å². The molecule has 2 unspecified atom stereocenters. The number of hydrogen-bond acceptors (Lipinski definition) is 3. The summed E-state index contributed by atoms with van der Waals surface area (Å²) in [7, 11) is 0. The van der Waals surface area contributed by atoms with Gasteiger partial charge in [-0.2, -0.15) is 0 Å². The molecule has 102 valence electrons. The third-order valence-corrected chi connectivity index (χ3v) is 3.62. The third kappa shape index (κ3) is 3.99. The van der Waals surface area contributed by atoms with Crippen LogP contribution in [0.3, 0.4) is 0 Å². The van der Waals surface area contributed by atoms with Gasteiger partial charge >= 0.3 is 0 Å². The number of nitrogens with one attached hydrogen (secondary N) is 1. The molecule has 0 aromatic heterocycles. The first-order chi connectivity index (χ1) is 9.31. The number of para-hydroxylation sites is 1. The minimum absolute atomic E-state index is 0.138. The second-order valence-corrected chi connectivity index (χ2v) is 4.99. The van der Waals surface area contributed by atoms with E-state index in [9.17, 15) is 5.11 Å². The van der Waals surface area contributed by atoms with Gasteiger partial charge in [0.2, 0.25) is 0 Å². The van der Waals surface area contributed by atoms with Crippen LogP contribution in [-0.4, -0.2) is 24.4 Å². The molecular formula is C16H21NO2. The summed E-state index contributed by atoms with van der Waals surface area (Å²) in [5, 5.41) is 13.2. The maximum atomic E-state index is 9.77. The van der Waals surface area contributed by atoms with E-state index in [1.807, 2.05) is 24.3 Å². The topological polar surface area (TPSA) is 41.5 Å². The van der Waals surface area contributed by atoms with Crippen LogP contribution in [0.15, 0.2) is 24.3 Å². The average molecular weight is 259 g/mol. The highest BCUT2D eigenvalue weighted by atomic mass is 16.5. The molecule has 3 nitrogen and oxygen atoms in total. The number of terminal acetylenes is 1. The first-order valence-electron chi connectivity index (χ1n) is 6.84. The molecule has 19 heavy (non-hydrogen) atoms. The molecule has 1 aliphatic rings. The maximum Gasteiger partial charge on any atom is 0.148 e. The van der Waals surface area contributed by atoms with Crippen molar-refractivity contribution in [3.05, 3.63) is 29.8 Å². The Hall–Kier alpha value is -1.50. The molecule has 2 atom stereocenters. The summed E-state index contributed by atoms with van der Waals surface area (Å²) in [5.74, 6) is 3.70. The molecule has 2 rings (SSSR count). The van der Waals surface area contributed by atoms with Gasteiger partial charge in [0.15, 0.2) is 0 Å². The van der Waals surface area contributed by atoms with Crippen LogP contribution in [0, 0.1) is 18.3 Å². The molecule has 0 saturated heterocycles.